The second-order valence-electron chi connectivity index (χ2n) is 2.48. The van der Waals surface area contributed by atoms with Crippen molar-refractivity contribution in [1.29, 1.82) is 0 Å². The summed E-state index contributed by atoms with van der Waals surface area (Å²) in [5, 5.41) is 52.2. The van der Waals surface area contributed by atoms with E-state index >= 15 is 0 Å². The maximum absolute atomic E-state index is 8.96. The van der Waals surface area contributed by atoms with Crippen LogP contribution in [0.1, 0.15) is 0 Å². The Bertz CT molecular complexity index is 110. The number of hydrogen-bond donors (Lipinski definition) is 6. The molecule has 0 spiro atoms. The standard InChI is InChI=1S/C6H14O6.Ag/c7-1-3(9)5(11)6(12)4(10)2-8;/h3-12H,1-2H2;/t3-,4-,5-,6-;/m1./s1. The Hall–Kier alpha value is 0.500. The Morgan fingerprint density at radius 1 is 0.692 bits per heavy atom. The van der Waals surface area contributed by atoms with Crippen LogP contribution in [0, 0.1) is 0 Å². The van der Waals surface area contributed by atoms with Crippen LogP contribution in [0.3, 0.4) is 0 Å². The van der Waals surface area contributed by atoms with Gasteiger partial charge in [-0.3, -0.25) is 0 Å². The molecule has 0 heterocycles. The van der Waals surface area contributed by atoms with Gasteiger partial charge in [0.05, 0.1) is 13.2 Å². The van der Waals surface area contributed by atoms with E-state index in [1.165, 1.54) is 0 Å². The van der Waals surface area contributed by atoms with Crippen LogP contribution in [0.4, 0.5) is 0 Å². The van der Waals surface area contributed by atoms with E-state index in [0.29, 0.717) is 0 Å². The van der Waals surface area contributed by atoms with E-state index < -0.39 is 37.6 Å². The molecule has 0 amide bonds. The maximum atomic E-state index is 8.96. The zero-order chi connectivity index (χ0) is 9.72. The van der Waals surface area contributed by atoms with Crippen molar-refractivity contribution in [2.75, 3.05) is 13.2 Å². The zero-order valence-corrected chi connectivity index (χ0v) is 8.19. The number of rotatable bonds is 5. The Balaban J connectivity index is 0. The van der Waals surface area contributed by atoms with E-state index in [-0.39, 0.29) is 22.4 Å². The molecule has 13 heavy (non-hydrogen) atoms. The molecule has 0 unspecified atom stereocenters. The van der Waals surface area contributed by atoms with E-state index in [4.69, 9.17) is 30.6 Å². The van der Waals surface area contributed by atoms with Crippen LogP contribution in [0.5, 0.6) is 0 Å². The van der Waals surface area contributed by atoms with Gasteiger partial charge in [-0.15, -0.1) is 0 Å². The summed E-state index contributed by atoms with van der Waals surface area (Å²) in [6.07, 6.45) is -6.39. The van der Waals surface area contributed by atoms with Crippen molar-refractivity contribution in [3.8, 4) is 0 Å². The van der Waals surface area contributed by atoms with Crippen LogP contribution >= 0.6 is 0 Å². The molecule has 0 aliphatic heterocycles. The van der Waals surface area contributed by atoms with Crippen molar-refractivity contribution in [3.63, 3.8) is 0 Å². The van der Waals surface area contributed by atoms with Crippen molar-refractivity contribution in [3.05, 3.63) is 0 Å². The van der Waals surface area contributed by atoms with Gasteiger partial charge in [0, 0.05) is 22.4 Å². The van der Waals surface area contributed by atoms with E-state index in [1.54, 1.807) is 0 Å². The minimum absolute atomic E-state index is 0. The summed E-state index contributed by atoms with van der Waals surface area (Å²) in [7, 11) is 0. The van der Waals surface area contributed by atoms with E-state index in [9.17, 15) is 0 Å². The molecule has 0 bridgehead atoms. The molecule has 0 aliphatic carbocycles. The molecule has 1 radical (unpaired) electrons. The van der Waals surface area contributed by atoms with Crippen LogP contribution in [-0.2, 0) is 22.4 Å². The van der Waals surface area contributed by atoms with Crippen molar-refractivity contribution in [2.45, 2.75) is 24.4 Å². The molecule has 6 N–H and O–H groups in total. The SMILES string of the molecule is OC[C@@H](O)[C@@H](O)[C@H](O)[C@H](O)CO.[Ag]. The van der Waals surface area contributed by atoms with Crippen molar-refractivity contribution < 1.29 is 53.0 Å². The van der Waals surface area contributed by atoms with Crippen LogP contribution in [-0.4, -0.2) is 68.3 Å². The van der Waals surface area contributed by atoms with E-state index in [1.807, 2.05) is 0 Å². The van der Waals surface area contributed by atoms with Gasteiger partial charge >= 0.3 is 0 Å². The normalized spacial score (nSPS) is 19.8. The van der Waals surface area contributed by atoms with Gasteiger partial charge in [-0.1, -0.05) is 0 Å². The molecule has 6 nitrogen and oxygen atoms in total. The predicted molar refractivity (Wildman–Crippen MR) is 38.2 cm³/mol. The Morgan fingerprint density at radius 2 is 0.923 bits per heavy atom. The molecule has 0 rings (SSSR count). The fourth-order valence-corrected chi connectivity index (χ4v) is 0.671. The Morgan fingerprint density at radius 3 is 1.08 bits per heavy atom. The van der Waals surface area contributed by atoms with E-state index in [0.717, 1.165) is 0 Å². The molecule has 85 valence electrons. The first-order valence-corrected chi connectivity index (χ1v) is 3.48. The first-order valence-electron chi connectivity index (χ1n) is 3.48. The average molecular weight is 290 g/mol. The number of aliphatic hydroxyl groups is 6. The molecule has 0 fully saturated rings. The maximum Gasteiger partial charge on any atom is 0.111 e. The molecular formula is C6H14AgO6. The van der Waals surface area contributed by atoms with Crippen LogP contribution < -0.4 is 0 Å². The predicted octanol–water partition coefficient (Wildman–Crippen LogP) is -3.59. The fourth-order valence-electron chi connectivity index (χ4n) is 0.671. The summed E-state index contributed by atoms with van der Waals surface area (Å²) in [6.45, 7) is -1.45. The van der Waals surface area contributed by atoms with Crippen LogP contribution in [0.15, 0.2) is 0 Å². The summed E-state index contributed by atoms with van der Waals surface area (Å²) in [5.41, 5.74) is 0. The molecule has 4 atom stereocenters. The van der Waals surface area contributed by atoms with Gasteiger partial charge in [0.2, 0.25) is 0 Å². The summed E-state index contributed by atoms with van der Waals surface area (Å²) in [4.78, 5) is 0. The van der Waals surface area contributed by atoms with Crippen molar-refractivity contribution in [2.24, 2.45) is 0 Å². The van der Waals surface area contributed by atoms with Crippen molar-refractivity contribution >= 4 is 0 Å². The minimum atomic E-state index is -1.67. The zero-order valence-electron chi connectivity index (χ0n) is 6.71. The molecule has 7 heteroatoms. The number of aliphatic hydroxyl groups excluding tert-OH is 6. The van der Waals surface area contributed by atoms with E-state index in [2.05, 4.69) is 0 Å². The van der Waals surface area contributed by atoms with Crippen molar-refractivity contribution in [1.82, 2.24) is 0 Å². The smallest absolute Gasteiger partial charge is 0.111 e. The van der Waals surface area contributed by atoms with Gasteiger partial charge in [0.1, 0.15) is 24.4 Å². The largest absolute Gasteiger partial charge is 0.394 e. The van der Waals surface area contributed by atoms with Gasteiger partial charge < -0.3 is 30.6 Å². The summed E-state index contributed by atoms with van der Waals surface area (Å²) in [6, 6.07) is 0. The average Bonchev–Trinajstić information content (AvgIpc) is 2.12. The van der Waals surface area contributed by atoms with Crippen LogP contribution in [0.2, 0.25) is 0 Å². The Kier molecular flexibility index (Phi) is 9.65. The minimum Gasteiger partial charge on any atom is -0.394 e. The molecule has 0 aromatic carbocycles. The summed E-state index contributed by atoms with van der Waals surface area (Å²) >= 11 is 0. The third-order valence-electron chi connectivity index (χ3n) is 1.51. The first kappa shape index (κ1) is 16.0. The quantitative estimate of drug-likeness (QED) is 0.291. The summed E-state index contributed by atoms with van der Waals surface area (Å²) in [5.74, 6) is 0. The first-order chi connectivity index (χ1) is 5.54. The van der Waals surface area contributed by atoms with Gasteiger partial charge in [0.15, 0.2) is 0 Å². The monoisotopic (exact) mass is 289 g/mol. The molecule has 0 aromatic rings. The molecule has 0 aromatic heterocycles. The summed E-state index contributed by atoms with van der Waals surface area (Å²) < 4.78 is 0. The van der Waals surface area contributed by atoms with Crippen LogP contribution in [0.25, 0.3) is 0 Å². The Labute approximate surface area is 91.0 Å². The molecule has 0 saturated heterocycles. The van der Waals surface area contributed by atoms with Gasteiger partial charge in [-0.25, -0.2) is 0 Å². The molecular weight excluding hydrogens is 276 g/mol. The van der Waals surface area contributed by atoms with Gasteiger partial charge in [-0.05, 0) is 0 Å². The molecule has 0 aliphatic rings. The number of hydrogen-bond acceptors (Lipinski definition) is 6. The van der Waals surface area contributed by atoms with Gasteiger partial charge in [-0.2, -0.15) is 0 Å². The topological polar surface area (TPSA) is 121 Å². The second kappa shape index (κ2) is 7.86. The third-order valence-corrected chi connectivity index (χ3v) is 1.51. The van der Waals surface area contributed by atoms with Gasteiger partial charge in [0.25, 0.3) is 0 Å². The fraction of sp³-hybridized carbons (Fsp3) is 1.00. The second-order valence-corrected chi connectivity index (χ2v) is 2.48. The third kappa shape index (κ3) is 5.06. The molecule has 0 saturated carbocycles.